The second-order valence-corrected chi connectivity index (χ2v) is 2.70. The zero-order valence-electron chi connectivity index (χ0n) is 7.24. The molecule has 0 radical (unpaired) electrons. The maximum atomic E-state index is 4.21. The van der Waals surface area contributed by atoms with E-state index in [-0.39, 0.29) is 0 Å². The first-order valence-corrected chi connectivity index (χ1v) is 4.23. The fraction of sp³-hybridized carbons (Fsp3) is 0.100. The molecule has 0 saturated carbocycles. The fourth-order valence-electron chi connectivity index (χ4n) is 1.15. The van der Waals surface area contributed by atoms with Crippen molar-refractivity contribution in [3.63, 3.8) is 0 Å². The number of allylic oxidation sites excluding steroid dienone is 5. The van der Waals surface area contributed by atoms with Crippen molar-refractivity contribution in [1.82, 2.24) is 10.1 Å². The fourth-order valence-corrected chi connectivity index (χ4v) is 1.15. The third kappa shape index (κ3) is 1.87. The lowest BCUT2D eigenvalue weighted by atomic mass is 10.4. The Balaban J connectivity index is 2.20. The van der Waals surface area contributed by atoms with Crippen LogP contribution in [0.25, 0.3) is 0 Å². The van der Waals surface area contributed by atoms with Crippen molar-refractivity contribution in [2.24, 2.45) is 5.10 Å². The molecule has 0 unspecified atom stereocenters. The van der Waals surface area contributed by atoms with Crippen molar-refractivity contribution in [2.45, 2.75) is 0 Å². The molecular formula is C10H11N3. The highest BCUT2D eigenvalue weighted by atomic mass is 15.8. The predicted octanol–water partition coefficient (Wildman–Crippen LogP) is 1.66. The van der Waals surface area contributed by atoms with Crippen LogP contribution in [0.5, 0.6) is 0 Å². The maximum absolute atomic E-state index is 4.21. The molecule has 2 heterocycles. The van der Waals surface area contributed by atoms with Gasteiger partial charge in [0.15, 0.2) is 0 Å². The Morgan fingerprint density at radius 2 is 1.77 bits per heavy atom. The van der Waals surface area contributed by atoms with Crippen molar-refractivity contribution in [1.29, 1.82) is 0 Å². The van der Waals surface area contributed by atoms with Crippen LogP contribution in [-0.2, 0) is 0 Å². The van der Waals surface area contributed by atoms with Gasteiger partial charge in [-0.1, -0.05) is 24.3 Å². The minimum absolute atomic E-state index is 0.787. The molecule has 0 atom stereocenters. The third-order valence-corrected chi connectivity index (χ3v) is 1.77. The van der Waals surface area contributed by atoms with Gasteiger partial charge in [-0.25, -0.2) is 0 Å². The highest BCUT2D eigenvalue weighted by Crippen LogP contribution is 2.06. The molecule has 0 amide bonds. The zero-order chi connectivity index (χ0) is 8.93. The van der Waals surface area contributed by atoms with E-state index in [0.29, 0.717) is 0 Å². The Bertz CT molecular complexity index is 310. The number of fused-ring (bicyclic) bond motifs is 1. The smallest absolute Gasteiger partial charge is 0.0774 e. The maximum Gasteiger partial charge on any atom is 0.0774 e. The normalized spacial score (nSPS) is 27.1. The summed E-state index contributed by atoms with van der Waals surface area (Å²) in [6.45, 7) is 0.787. The van der Waals surface area contributed by atoms with E-state index < -0.39 is 0 Å². The number of rotatable bonds is 0. The highest BCUT2D eigenvalue weighted by Gasteiger charge is 2.06. The van der Waals surface area contributed by atoms with Gasteiger partial charge < -0.3 is 0 Å². The average Bonchev–Trinajstić information content (AvgIpc) is 2.28. The van der Waals surface area contributed by atoms with Gasteiger partial charge in [0, 0.05) is 12.4 Å². The molecule has 0 N–H and O–H groups in total. The molecular weight excluding hydrogens is 162 g/mol. The van der Waals surface area contributed by atoms with Gasteiger partial charge in [-0.3, -0.25) is 5.01 Å². The summed E-state index contributed by atoms with van der Waals surface area (Å²) in [5.74, 6) is 0. The summed E-state index contributed by atoms with van der Waals surface area (Å²) in [5.41, 5.74) is 0. The van der Waals surface area contributed by atoms with E-state index in [9.17, 15) is 0 Å². The summed E-state index contributed by atoms with van der Waals surface area (Å²) >= 11 is 0. The number of hydrogen-bond donors (Lipinski definition) is 0. The molecule has 3 nitrogen and oxygen atoms in total. The van der Waals surface area contributed by atoms with Crippen LogP contribution in [0.3, 0.4) is 0 Å². The molecule has 0 bridgehead atoms. The Kier molecular flexibility index (Phi) is 2.27. The topological polar surface area (TPSA) is 18.8 Å². The zero-order valence-corrected chi connectivity index (χ0v) is 7.24. The SMILES string of the molecule is C1=CN2/C=C/C=C\C=C\CN2N=C1. The van der Waals surface area contributed by atoms with E-state index in [1.807, 2.05) is 52.9 Å². The van der Waals surface area contributed by atoms with Gasteiger partial charge in [-0.2, -0.15) is 10.2 Å². The molecule has 0 aliphatic carbocycles. The molecule has 0 spiro atoms. The average molecular weight is 173 g/mol. The minimum atomic E-state index is 0.787. The monoisotopic (exact) mass is 173 g/mol. The lowest BCUT2D eigenvalue weighted by Crippen LogP contribution is -2.32. The van der Waals surface area contributed by atoms with Gasteiger partial charge in [0.25, 0.3) is 0 Å². The second-order valence-electron chi connectivity index (χ2n) is 2.70. The minimum Gasteiger partial charge on any atom is -0.252 e. The first kappa shape index (κ1) is 7.86. The Labute approximate surface area is 77.6 Å². The van der Waals surface area contributed by atoms with Gasteiger partial charge in [-0.05, 0) is 12.2 Å². The van der Waals surface area contributed by atoms with Crippen LogP contribution in [0.15, 0.2) is 54.0 Å². The summed E-state index contributed by atoms with van der Waals surface area (Å²) in [5, 5.41) is 8.03. The number of hydrazone groups is 1. The second kappa shape index (κ2) is 3.76. The van der Waals surface area contributed by atoms with E-state index >= 15 is 0 Å². The Hall–Kier alpha value is -1.77. The van der Waals surface area contributed by atoms with Gasteiger partial charge in [0.2, 0.25) is 0 Å². The molecule has 66 valence electrons. The van der Waals surface area contributed by atoms with Gasteiger partial charge >= 0.3 is 0 Å². The molecule has 2 rings (SSSR count). The molecule has 0 aromatic carbocycles. The molecule has 13 heavy (non-hydrogen) atoms. The molecule has 0 aromatic rings. The molecule has 2 aliphatic heterocycles. The van der Waals surface area contributed by atoms with Crippen LogP contribution < -0.4 is 0 Å². The lowest BCUT2D eigenvalue weighted by molar-refractivity contribution is 0.0862. The summed E-state index contributed by atoms with van der Waals surface area (Å²) in [6, 6.07) is 0. The quantitative estimate of drug-likeness (QED) is 0.554. The number of hydrazine groups is 1. The van der Waals surface area contributed by atoms with Crippen LogP contribution in [-0.4, -0.2) is 22.9 Å². The largest absolute Gasteiger partial charge is 0.252 e. The Morgan fingerprint density at radius 1 is 0.923 bits per heavy atom. The molecule has 2 aliphatic rings. The van der Waals surface area contributed by atoms with Crippen LogP contribution in [0.1, 0.15) is 0 Å². The third-order valence-electron chi connectivity index (χ3n) is 1.77. The first-order valence-electron chi connectivity index (χ1n) is 4.23. The summed E-state index contributed by atoms with van der Waals surface area (Å²) in [7, 11) is 0. The van der Waals surface area contributed by atoms with E-state index in [1.54, 1.807) is 6.21 Å². The van der Waals surface area contributed by atoms with Crippen molar-refractivity contribution < 1.29 is 0 Å². The van der Waals surface area contributed by atoms with Crippen LogP contribution in [0.2, 0.25) is 0 Å². The van der Waals surface area contributed by atoms with Crippen molar-refractivity contribution in [2.75, 3.05) is 6.54 Å². The van der Waals surface area contributed by atoms with Crippen LogP contribution >= 0.6 is 0 Å². The highest BCUT2D eigenvalue weighted by molar-refractivity contribution is 5.71. The van der Waals surface area contributed by atoms with E-state index in [2.05, 4.69) is 11.2 Å². The molecule has 0 aromatic heterocycles. The van der Waals surface area contributed by atoms with Crippen molar-refractivity contribution in [3.8, 4) is 0 Å². The summed E-state index contributed by atoms with van der Waals surface area (Å²) in [6.07, 6.45) is 17.7. The van der Waals surface area contributed by atoms with Crippen molar-refractivity contribution >= 4 is 6.21 Å². The lowest BCUT2D eigenvalue weighted by Gasteiger charge is -2.28. The molecule has 0 fully saturated rings. The van der Waals surface area contributed by atoms with Gasteiger partial charge in [0.05, 0.1) is 12.8 Å². The molecule has 0 saturated heterocycles. The summed E-state index contributed by atoms with van der Waals surface area (Å²) in [4.78, 5) is 0. The predicted molar refractivity (Wildman–Crippen MR) is 53.6 cm³/mol. The standard InChI is InChI=1S/C10H11N3/c1-2-4-8-12-9-6-7-11-13(12)10-5-3-1/h1-9H,10H2/b2-1-,5-3+,8-4+. The molecule has 3 heteroatoms. The number of hydrogen-bond acceptors (Lipinski definition) is 3. The van der Waals surface area contributed by atoms with E-state index in [0.717, 1.165) is 6.54 Å². The van der Waals surface area contributed by atoms with E-state index in [1.165, 1.54) is 0 Å². The Morgan fingerprint density at radius 3 is 2.77 bits per heavy atom. The van der Waals surface area contributed by atoms with Crippen LogP contribution in [0.4, 0.5) is 0 Å². The van der Waals surface area contributed by atoms with E-state index in [4.69, 9.17) is 0 Å². The first-order chi connectivity index (χ1) is 6.47. The summed E-state index contributed by atoms with van der Waals surface area (Å²) < 4.78 is 0. The van der Waals surface area contributed by atoms with Gasteiger partial charge in [-0.15, -0.1) is 0 Å². The van der Waals surface area contributed by atoms with Crippen LogP contribution in [0, 0.1) is 0 Å². The number of nitrogens with zero attached hydrogens (tertiary/aromatic N) is 3. The van der Waals surface area contributed by atoms with Gasteiger partial charge in [0.1, 0.15) is 0 Å². The van der Waals surface area contributed by atoms with Crippen molar-refractivity contribution in [3.05, 3.63) is 48.9 Å².